The molecule has 0 aliphatic heterocycles. The van der Waals surface area contributed by atoms with E-state index >= 15 is 0 Å². The van der Waals surface area contributed by atoms with Gasteiger partial charge < -0.3 is 4.18 Å². The van der Waals surface area contributed by atoms with E-state index < -0.39 is 0 Å². The summed E-state index contributed by atoms with van der Waals surface area (Å²) in [6.45, 7) is 6.98. The van der Waals surface area contributed by atoms with Crippen LogP contribution in [-0.4, -0.2) is 5.75 Å². The van der Waals surface area contributed by atoms with Gasteiger partial charge in [0.15, 0.2) is 5.09 Å². The van der Waals surface area contributed by atoms with Crippen LogP contribution in [0.15, 0.2) is 23.2 Å². The second kappa shape index (κ2) is 5.14. The molecule has 0 aromatic carbocycles. The van der Waals surface area contributed by atoms with Crippen molar-refractivity contribution in [2.75, 3.05) is 5.75 Å². The van der Waals surface area contributed by atoms with E-state index in [2.05, 4.69) is 38.4 Å². The van der Waals surface area contributed by atoms with Gasteiger partial charge in [0, 0.05) is 0 Å². The third kappa shape index (κ3) is 8.33. The maximum Gasteiger partial charge on any atom is 0.160 e. The Hall–Kier alpha value is 0.330. The van der Waals surface area contributed by atoms with Crippen LogP contribution in [0.2, 0.25) is 0 Å². The minimum absolute atomic E-state index is 0.398. The highest BCUT2D eigenvalue weighted by atomic mass is 32.2. The van der Waals surface area contributed by atoms with Crippen molar-refractivity contribution in [3.05, 3.63) is 23.2 Å². The van der Waals surface area contributed by atoms with Gasteiger partial charge in [-0.2, -0.15) is 0 Å². The van der Waals surface area contributed by atoms with Gasteiger partial charge in [-0.05, 0) is 11.5 Å². The normalized spacial score (nSPS) is 8.67. The maximum absolute atomic E-state index is 4.83. The number of rotatable bonds is 4. The molecule has 4 heteroatoms. The summed E-state index contributed by atoms with van der Waals surface area (Å²) in [6.07, 6.45) is 0. The summed E-state index contributed by atoms with van der Waals surface area (Å²) in [5, 5.41) is 0.398. The summed E-state index contributed by atoms with van der Waals surface area (Å²) in [5.41, 5.74) is 0. The predicted octanol–water partition coefficient (Wildman–Crippen LogP) is 2.50. The summed E-state index contributed by atoms with van der Waals surface area (Å²) in [6, 6.07) is 0. The number of hydrogen-bond donors (Lipinski definition) is 2. The number of thiol groups is 2. The molecule has 0 aromatic heterocycles. The molecule has 0 saturated heterocycles. The van der Waals surface area contributed by atoms with Crippen LogP contribution in [0.4, 0.5) is 0 Å². The lowest BCUT2D eigenvalue weighted by Crippen LogP contribution is -1.77. The Kier molecular flexibility index (Phi) is 5.33. The van der Waals surface area contributed by atoms with Crippen molar-refractivity contribution in [2.45, 2.75) is 0 Å². The average molecular weight is 180 g/mol. The Bertz CT molecular complexity index is 107. The van der Waals surface area contributed by atoms with Crippen LogP contribution < -0.4 is 0 Å². The van der Waals surface area contributed by atoms with Crippen LogP contribution in [0.1, 0.15) is 0 Å². The van der Waals surface area contributed by atoms with E-state index in [-0.39, 0.29) is 0 Å². The Labute approximate surface area is 70.6 Å². The highest BCUT2D eigenvalue weighted by Crippen LogP contribution is 2.15. The van der Waals surface area contributed by atoms with Crippen molar-refractivity contribution >= 4 is 37.3 Å². The SMILES string of the molecule is C=C(S)CSOC(=C)S. The molecule has 0 radical (unpaired) electrons. The molecule has 0 N–H and O–H groups in total. The lowest BCUT2D eigenvalue weighted by atomic mass is 10.7. The average Bonchev–Trinajstić information content (AvgIpc) is 1.63. The van der Waals surface area contributed by atoms with Gasteiger partial charge in [-0.3, -0.25) is 0 Å². The molecule has 0 atom stereocenters. The Morgan fingerprint density at radius 1 is 1.44 bits per heavy atom. The molecule has 0 amide bonds. The first-order chi connectivity index (χ1) is 4.13. The lowest BCUT2D eigenvalue weighted by molar-refractivity contribution is 0.554. The molecule has 0 spiro atoms. The second-order valence-corrected chi connectivity index (χ2v) is 3.13. The zero-order chi connectivity index (χ0) is 7.28. The molecule has 0 aromatic rings. The molecule has 0 rings (SSSR count). The van der Waals surface area contributed by atoms with Gasteiger partial charge in [0.25, 0.3) is 0 Å². The summed E-state index contributed by atoms with van der Waals surface area (Å²) < 4.78 is 4.83. The molecular formula is C5H8OS3. The first-order valence-corrected chi connectivity index (χ1v) is 3.97. The van der Waals surface area contributed by atoms with Crippen LogP contribution in [0.3, 0.4) is 0 Å². The quantitative estimate of drug-likeness (QED) is 0.391. The predicted molar refractivity (Wildman–Crippen MR) is 49.8 cm³/mol. The van der Waals surface area contributed by atoms with Crippen LogP contribution in [0.5, 0.6) is 0 Å². The van der Waals surface area contributed by atoms with Gasteiger partial charge >= 0.3 is 0 Å². The molecule has 9 heavy (non-hydrogen) atoms. The summed E-state index contributed by atoms with van der Waals surface area (Å²) in [5.74, 6) is 0.655. The van der Waals surface area contributed by atoms with Crippen LogP contribution in [0, 0.1) is 0 Å². The maximum atomic E-state index is 4.83. The highest BCUT2D eigenvalue weighted by Gasteiger charge is 1.89. The van der Waals surface area contributed by atoms with Gasteiger partial charge in [0.05, 0.1) is 17.8 Å². The standard InChI is InChI=1S/C5H8OS3/c1-4(7)3-9-6-5(2)8/h7-8H,1-3H2. The van der Waals surface area contributed by atoms with E-state index in [0.717, 1.165) is 4.91 Å². The molecule has 1 nitrogen and oxygen atoms in total. The van der Waals surface area contributed by atoms with Gasteiger partial charge in [0.2, 0.25) is 0 Å². The lowest BCUT2D eigenvalue weighted by Gasteiger charge is -1.98. The topological polar surface area (TPSA) is 9.23 Å². The van der Waals surface area contributed by atoms with E-state index in [4.69, 9.17) is 4.18 Å². The molecule has 0 bridgehead atoms. The van der Waals surface area contributed by atoms with Gasteiger partial charge in [-0.25, -0.2) is 0 Å². The molecule has 0 aliphatic carbocycles. The van der Waals surface area contributed by atoms with E-state index in [0.29, 0.717) is 10.8 Å². The van der Waals surface area contributed by atoms with E-state index in [1.54, 1.807) is 0 Å². The van der Waals surface area contributed by atoms with Crippen molar-refractivity contribution in [1.29, 1.82) is 0 Å². The van der Waals surface area contributed by atoms with Crippen LogP contribution in [-0.2, 0) is 4.18 Å². The minimum atomic E-state index is 0.398. The third-order valence-electron chi connectivity index (χ3n) is 0.381. The van der Waals surface area contributed by atoms with Crippen LogP contribution >= 0.6 is 37.3 Å². The highest BCUT2D eigenvalue weighted by molar-refractivity contribution is 7.97. The van der Waals surface area contributed by atoms with E-state index in [1.165, 1.54) is 12.0 Å². The monoisotopic (exact) mass is 180 g/mol. The van der Waals surface area contributed by atoms with Crippen molar-refractivity contribution < 1.29 is 4.18 Å². The first-order valence-electron chi connectivity index (χ1n) is 2.17. The summed E-state index contributed by atoms with van der Waals surface area (Å²) in [7, 11) is 0. The molecule has 52 valence electrons. The molecule has 0 aliphatic rings. The molecule has 0 fully saturated rings. The fraction of sp³-hybridized carbons (Fsp3) is 0.200. The largest absolute Gasteiger partial charge is 0.419 e. The van der Waals surface area contributed by atoms with Crippen molar-refractivity contribution in [3.8, 4) is 0 Å². The smallest absolute Gasteiger partial charge is 0.160 e. The van der Waals surface area contributed by atoms with Crippen molar-refractivity contribution in [1.82, 2.24) is 0 Å². The van der Waals surface area contributed by atoms with E-state index in [9.17, 15) is 0 Å². The fourth-order valence-corrected chi connectivity index (χ4v) is 0.813. The van der Waals surface area contributed by atoms with Crippen molar-refractivity contribution in [2.24, 2.45) is 0 Å². The summed E-state index contributed by atoms with van der Waals surface area (Å²) >= 11 is 8.98. The van der Waals surface area contributed by atoms with E-state index in [1.807, 2.05) is 0 Å². The molecular weight excluding hydrogens is 172 g/mol. The van der Waals surface area contributed by atoms with Gasteiger partial charge in [0.1, 0.15) is 0 Å². The molecule has 0 heterocycles. The Morgan fingerprint density at radius 3 is 2.33 bits per heavy atom. The van der Waals surface area contributed by atoms with Gasteiger partial charge in [-0.1, -0.05) is 6.58 Å². The zero-order valence-corrected chi connectivity index (χ0v) is 7.44. The Balaban J connectivity index is 3.10. The summed E-state index contributed by atoms with van der Waals surface area (Å²) in [4.78, 5) is 0.773. The van der Waals surface area contributed by atoms with Crippen LogP contribution in [0.25, 0.3) is 0 Å². The van der Waals surface area contributed by atoms with Crippen molar-refractivity contribution in [3.63, 3.8) is 0 Å². The third-order valence-corrected chi connectivity index (χ3v) is 1.75. The van der Waals surface area contributed by atoms with Gasteiger partial charge in [-0.15, -0.1) is 25.3 Å². The zero-order valence-electron chi connectivity index (χ0n) is 4.83. The number of hydrogen-bond acceptors (Lipinski definition) is 4. The fourth-order valence-electron chi connectivity index (χ4n) is 0.166. The molecule has 0 unspecified atom stereocenters. The minimum Gasteiger partial charge on any atom is -0.419 e. The first kappa shape index (κ1) is 9.33. The second-order valence-electron chi connectivity index (χ2n) is 1.31. The Morgan fingerprint density at radius 2 is 2.00 bits per heavy atom. The molecule has 0 saturated carbocycles.